The normalized spacial score (nSPS) is 16.8. The van der Waals surface area contributed by atoms with Crippen molar-refractivity contribution in [2.75, 3.05) is 24.5 Å². The van der Waals surface area contributed by atoms with E-state index in [1.165, 1.54) is 43.4 Å². The van der Waals surface area contributed by atoms with Gasteiger partial charge in [0.2, 0.25) is 0 Å². The van der Waals surface area contributed by atoms with Crippen molar-refractivity contribution in [3.05, 3.63) is 58.1 Å². The number of benzene rings is 2. The summed E-state index contributed by atoms with van der Waals surface area (Å²) in [5.41, 5.74) is 0.622. The Morgan fingerprint density at radius 2 is 1.93 bits per heavy atom. The lowest BCUT2D eigenvalue weighted by molar-refractivity contribution is 0.0858. The molecule has 28 heavy (non-hydrogen) atoms. The number of halogens is 2. The molecule has 3 rings (SSSR count). The van der Waals surface area contributed by atoms with Gasteiger partial charge < -0.3 is 10.1 Å². The quantitative estimate of drug-likeness (QED) is 0.739. The van der Waals surface area contributed by atoms with E-state index in [-0.39, 0.29) is 27.5 Å². The van der Waals surface area contributed by atoms with E-state index >= 15 is 0 Å². The van der Waals surface area contributed by atoms with Gasteiger partial charge in [0.1, 0.15) is 0 Å². The molecule has 1 atom stereocenters. The second kappa shape index (κ2) is 8.69. The van der Waals surface area contributed by atoms with E-state index in [1.54, 1.807) is 6.07 Å². The van der Waals surface area contributed by atoms with Crippen LogP contribution < -0.4 is 9.62 Å². The maximum Gasteiger partial charge on any atom is 0.264 e. The molecule has 150 valence electrons. The lowest BCUT2D eigenvalue weighted by Crippen LogP contribution is -2.32. The fourth-order valence-corrected chi connectivity index (χ4v) is 4.47. The minimum absolute atomic E-state index is 0.0256. The van der Waals surface area contributed by atoms with Crippen molar-refractivity contribution in [2.24, 2.45) is 0 Å². The van der Waals surface area contributed by atoms with E-state index in [0.717, 1.165) is 17.1 Å². The van der Waals surface area contributed by atoms with Crippen LogP contribution in [-0.2, 0) is 14.8 Å². The molecule has 1 amide bonds. The second-order valence-corrected chi connectivity index (χ2v) is 9.25. The third kappa shape index (κ3) is 4.60. The summed E-state index contributed by atoms with van der Waals surface area (Å²) in [4.78, 5) is 12.5. The first-order valence-electron chi connectivity index (χ1n) is 8.73. The van der Waals surface area contributed by atoms with Crippen molar-refractivity contribution in [2.45, 2.75) is 23.8 Å². The highest BCUT2D eigenvalue weighted by Gasteiger charge is 2.23. The number of ether oxygens (including phenoxy) is 1. The largest absolute Gasteiger partial charge is 0.376 e. The zero-order valence-corrected chi connectivity index (χ0v) is 17.5. The number of amides is 1. The molecule has 9 heteroatoms. The molecule has 0 spiro atoms. The van der Waals surface area contributed by atoms with Gasteiger partial charge in [0, 0.05) is 25.2 Å². The number of carbonyl (C=O) groups is 1. The summed E-state index contributed by atoms with van der Waals surface area (Å²) in [6.07, 6.45) is 1.93. The van der Waals surface area contributed by atoms with Gasteiger partial charge in [-0.15, -0.1) is 0 Å². The van der Waals surface area contributed by atoms with Gasteiger partial charge in [0.15, 0.2) is 0 Å². The molecule has 2 aromatic carbocycles. The van der Waals surface area contributed by atoms with Gasteiger partial charge in [-0.1, -0.05) is 23.2 Å². The highest BCUT2D eigenvalue weighted by atomic mass is 35.5. The molecule has 1 heterocycles. The molecule has 1 N–H and O–H groups in total. The standard InChI is InChI=1S/C19H20Cl2N2O4S/c1-23(28(25,26)16-7-4-13(20)5-8-16)14-6-9-17(18(21)11-14)19(24)22-12-15-3-2-10-27-15/h4-9,11,15H,2-3,10,12H2,1H3,(H,22,24). The van der Waals surface area contributed by atoms with Gasteiger partial charge in [0.25, 0.3) is 15.9 Å². The van der Waals surface area contributed by atoms with E-state index in [9.17, 15) is 13.2 Å². The molecule has 1 aliphatic heterocycles. The topological polar surface area (TPSA) is 75.7 Å². The van der Waals surface area contributed by atoms with Crippen LogP contribution >= 0.6 is 23.2 Å². The molecule has 1 saturated heterocycles. The molecule has 0 radical (unpaired) electrons. The molecule has 0 aromatic heterocycles. The van der Waals surface area contributed by atoms with Crippen LogP contribution in [0.25, 0.3) is 0 Å². The van der Waals surface area contributed by atoms with Crippen molar-refractivity contribution in [3.63, 3.8) is 0 Å². The summed E-state index contributed by atoms with van der Waals surface area (Å²) in [6.45, 7) is 1.13. The van der Waals surface area contributed by atoms with E-state index in [4.69, 9.17) is 27.9 Å². The van der Waals surface area contributed by atoms with Crippen LogP contribution in [0.15, 0.2) is 47.4 Å². The van der Waals surface area contributed by atoms with Crippen molar-refractivity contribution >= 4 is 44.8 Å². The van der Waals surface area contributed by atoms with E-state index < -0.39 is 10.0 Å². The van der Waals surface area contributed by atoms with Crippen molar-refractivity contribution < 1.29 is 17.9 Å². The first kappa shape index (κ1) is 20.9. The van der Waals surface area contributed by atoms with E-state index in [1.807, 2.05) is 0 Å². The Kier molecular flexibility index (Phi) is 6.50. The van der Waals surface area contributed by atoms with E-state index in [0.29, 0.717) is 23.9 Å². The summed E-state index contributed by atoms with van der Waals surface area (Å²) in [5.74, 6) is -0.324. The van der Waals surface area contributed by atoms with Gasteiger partial charge in [-0.25, -0.2) is 8.42 Å². The van der Waals surface area contributed by atoms with Crippen LogP contribution in [0.4, 0.5) is 5.69 Å². The first-order chi connectivity index (χ1) is 13.3. The minimum atomic E-state index is -3.78. The van der Waals surface area contributed by atoms with Gasteiger partial charge in [0.05, 0.1) is 27.3 Å². The summed E-state index contributed by atoms with van der Waals surface area (Å²) < 4.78 is 32.1. The molecule has 0 bridgehead atoms. The van der Waals surface area contributed by atoms with Gasteiger partial charge in [-0.2, -0.15) is 0 Å². The van der Waals surface area contributed by atoms with Gasteiger partial charge in [-0.3, -0.25) is 9.10 Å². The lowest BCUT2D eigenvalue weighted by Gasteiger charge is -2.20. The number of hydrogen-bond donors (Lipinski definition) is 1. The third-order valence-corrected chi connectivity index (χ3v) is 6.91. The summed E-state index contributed by atoms with van der Waals surface area (Å²) >= 11 is 12.1. The Morgan fingerprint density at radius 1 is 1.21 bits per heavy atom. The Hall–Kier alpha value is -1.80. The highest BCUT2D eigenvalue weighted by Crippen LogP contribution is 2.27. The molecule has 6 nitrogen and oxygen atoms in total. The van der Waals surface area contributed by atoms with Crippen LogP contribution in [-0.4, -0.2) is 40.6 Å². The second-order valence-electron chi connectivity index (χ2n) is 6.44. The number of rotatable bonds is 6. The predicted molar refractivity (Wildman–Crippen MR) is 110 cm³/mol. The fourth-order valence-electron chi connectivity index (χ4n) is 2.89. The molecule has 1 fully saturated rings. The Bertz CT molecular complexity index is 958. The number of carbonyl (C=O) groups excluding carboxylic acids is 1. The van der Waals surface area contributed by atoms with Crippen LogP contribution in [0.1, 0.15) is 23.2 Å². The summed E-state index contributed by atoms with van der Waals surface area (Å²) in [6, 6.07) is 10.4. The lowest BCUT2D eigenvalue weighted by atomic mass is 10.2. The molecule has 2 aromatic rings. The summed E-state index contributed by atoms with van der Waals surface area (Å²) in [7, 11) is -2.36. The Balaban J connectivity index is 1.75. The van der Waals surface area contributed by atoms with Crippen molar-refractivity contribution in [3.8, 4) is 0 Å². The van der Waals surface area contributed by atoms with Gasteiger partial charge >= 0.3 is 0 Å². The third-order valence-electron chi connectivity index (χ3n) is 4.55. The fraction of sp³-hybridized carbons (Fsp3) is 0.316. The molecule has 1 unspecified atom stereocenters. The average Bonchev–Trinajstić information content (AvgIpc) is 3.19. The first-order valence-corrected chi connectivity index (χ1v) is 10.9. The molecule has 1 aliphatic rings. The molecular formula is C19H20Cl2N2O4S. The minimum Gasteiger partial charge on any atom is -0.376 e. The summed E-state index contributed by atoms with van der Waals surface area (Å²) in [5, 5.41) is 3.41. The predicted octanol–water partition coefficient (Wildman–Crippen LogP) is 3.73. The zero-order chi connectivity index (χ0) is 20.3. The maximum atomic E-state index is 12.8. The molecular weight excluding hydrogens is 423 g/mol. The molecule has 0 saturated carbocycles. The van der Waals surface area contributed by atoms with E-state index in [2.05, 4.69) is 5.32 Å². The van der Waals surface area contributed by atoms with Gasteiger partial charge in [-0.05, 0) is 55.3 Å². The Labute approximate surface area is 174 Å². The number of hydrogen-bond acceptors (Lipinski definition) is 4. The van der Waals surface area contributed by atoms with Crippen LogP contribution in [0.2, 0.25) is 10.0 Å². The SMILES string of the molecule is CN(c1ccc(C(=O)NCC2CCCO2)c(Cl)c1)S(=O)(=O)c1ccc(Cl)cc1. The van der Waals surface area contributed by atoms with Crippen molar-refractivity contribution in [1.82, 2.24) is 5.32 Å². The smallest absolute Gasteiger partial charge is 0.264 e. The zero-order valence-electron chi connectivity index (χ0n) is 15.2. The van der Waals surface area contributed by atoms with Crippen molar-refractivity contribution in [1.29, 1.82) is 0 Å². The monoisotopic (exact) mass is 442 g/mol. The number of sulfonamides is 1. The molecule has 0 aliphatic carbocycles. The Morgan fingerprint density at radius 3 is 2.54 bits per heavy atom. The van der Waals surface area contributed by atoms with Crippen LogP contribution in [0.5, 0.6) is 0 Å². The highest BCUT2D eigenvalue weighted by molar-refractivity contribution is 7.92. The number of anilines is 1. The van der Waals surface area contributed by atoms with Crippen LogP contribution in [0.3, 0.4) is 0 Å². The number of nitrogens with zero attached hydrogens (tertiary/aromatic N) is 1. The van der Waals surface area contributed by atoms with Crippen LogP contribution in [0, 0.1) is 0 Å². The maximum absolute atomic E-state index is 12.8. The number of nitrogens with one attached hydrogen (secondary N) is 1. The average molecular weight is 443 g/mol.